The van der Waals surface area contributed by atoms with Gasteiger partial charge in [0.05, 0.1) is 4.88 Å². The van der Waals surface area contributed by atoms with Gasteiger partial charge in [0.1, 0.15) is 0 Å². The van der Waals surface area contributed by atoms with Crippen LogP contribution in [0.3, 0.4) is 0 Å². The number of thioether (sulfide) groups is 1. The van der Waals surface area contributed by atoms with E-state index in [9.17, 15) is 4.79 Å². The smallest absolute Gasteiger partial charge is 0.261 e. The molecule has 6 heteroatoms. The average Bonchev–Trinajstić information content (AvgIpc) is 3.00. The lowest BCUT2D eigenvalue weighted by Crippen LogP contribution is -2.44. The number of carbonyl (C=O) groups is 1. The first kappa shape index (κ1) is 16.8. The summed E-state index contributed by atoms with van der Waals surface area (Å²) in [5.74, 6) is 3.37. The Kier molecular flexibility index (Phi) is 6.24. The monoisotopic (exact) mass is 402 g/mol. The van der Waals surface area contributed by atoms with Crippen LogP contribution in [-0.2, 0) is 0 Å². The van der Waals surface area contributed by atoms with Crippen LogP contribution in [0.1, 0.15) is 35.4 Å². The van der Waals surface area contributed by atoms with Gasteiger partial charge in [0, 0.05) is 22.4 Å². The maximum absolute atomic E-state index is 12.1. The van der Waals surface area contributed by atoms with E-state index in [-0.39, 0.29) is 5.91 Å². The number of likely N-dealkylation sites (tertiary alicyclic amines) is 1. The van der Waals surface area contributed by atoms with Crippen LogP contribution in [0.25, 0.3) is 0 Å². The zero-order valence-corrected chi connectivity index (χ0v) is 15.9. The number of nitrogens with one attached hydrogen (secondary N) is 1. The van der Waals surface area contributed by atoms with E-state index in [1.807, 2.05) is 11.4 Å². The molecule has 0 unspecified atom stereocenters. The molecule has 3 rings (SSSR count). The maximum Gasteiger partial charge on any atom is 0.261 e. The number of carbonyl (C=O) groups excluding carboxylic acids is 1. The average molecular weight is 403 g/mol. The SMILES string of the molecule is O=C(NCC1CCN(C2CCSCC2)CC1)c1cc(Br)cs1. The van der Waals surface area contributed by atoms with Crippen molar-refractivity contribution in [3.8, 4) is 0 Å². The van der Waals surface area contributed by atoms with Gasteiger partial charge in [-0.05, 0) is 78.2 Å². The molecule has 22 heavy (non-hydrogen) atoms. The molecule has 2 fully saturated rings. The van der Waals surface area contributed by atoms with Crippen molar-refractivity contribution in [1.29, 1.82) is 0 Å². The number of piperidine rings is 1. The molecule has 2 aliphatic rings. The second-order valence-electron chi connectivity index (χ2n) is 6.16. The summed E-state index contributed by atoms with van der Waals surface area (Å²) < 4.78 is 0.988. The molecule has 3 nitrogen and oxygen atoms in total. The van der Waals surface area contributed by atoms with Gasteiger partial charge in [0.2, 0.25) is 0 Å². The minimum Gasteiger partial charge on any atom is -0.351 e. The highest BCUT2D eigenvalue weighted by Gasteiger charge is 2.26. The fraction of sp³-hybridized carbons (Fsp3) is 0.688. The zero-order valence-electron chi connectivity index (χ0n) is 12.7. The largest absolute Gasteiger partial charge is 0.351 e. The molecular formula is C16H23BrN2OS2. The molecule has 1 aromatic heterocycles. The summed E-state index contributed by atoms with van der Waals surface area (Å²) in [5, 5.41) is 5.06. The molecule has 1 aromatic rings. The summed E-state index contributed by atoms with van der Waals surface area (Å²) in [6, 6.07) is 2.71. The normalized spacial score (nSPS) is 21.9. The molecule has 0 aliphatic carbocycles. The summed E-state index contributed by atoms with van der Waals surface area (Å²) >= 11 is 6.99. The molecule has 0 spiro atoms. The number of rotatable bonds is 4. The van der Waals surface area contributed by atoms with E-state index in [0.717, 1.165) is 21.9 Å². The Balaban J connectivity index is 1.39. The minimum atomic E-state index is 0.0717. The van der Waals surface area contributed by atoms with Gasteiger partial charge in [-0.25, -0.2) is 0 Å². The Labute approximate surface area is 149 Å². The predicted molar refractivity (Wildman–Crippen MR) is 99.0 cm³/mol. The highest BCUT2D eigenvalue weighted by Crippen LogP contribution is 2.26. The third-order valence-corrected chi connectivity index (χ3v) is 7.44. The Hall–Kier alpha value is -0.0400. The Morgan fingerprint density at radius 2 is 2.00 bits per heavy atom. The molecule has 0 atom stereocenters. The Morgan fingerprint density at radius 1 is 1.27 bits per heavy atom. The number of hydrogen-bond acceptors (Lipinski definition) is 4. The first-order valence-corrected chi connectivity index (χ1v) is 10.9. The van der Waals surface area contributed by atoms with Crippen molar-refractivity contribution in [3.63, 3.8) is 0 Å². The molecular weight excluding hydrogens is 380 g/mol. The first-order valence-electron chi connectivity index (χ1n) is 8.06. The molecule has 122 valence electrons. The van der Waals surface area contributed by atoms with Crippen LogP contribution in [-0.4, -0.2) is 48.0 Å². The lowest BCUT2D eigenvalue weighted by atomic mass is 9.94. The second-order valence-corrected chi connectivity index (χ2v) is 9.21. The molecule has 1 amide bonds. The van der Waals surface area contributed by atoms with E-state index in [0.29, 0.717) is 5.92 Å². The summed E-state index contributed by atoms with van der Waals surface area (Å²) in [6.45, 7) is 3.24. The molecule has 0 radical (unpaired) electrons. The third-order valence-electron chi connectivity index (χ3n) is 4.70. The number of amides is 1. The van der Waals surface area contributed by atoms with Crippen LogP contribution in [0.2, 0.25) is 0 Å². The lowest BCUT2D eigenvalue weighted by Gasteiger charge is -2.39. The van der Waals surface area contributed by atoms with Crippen LogP contribution in [0, 0.1) is 5.92 Å². The van der Waals surface area contributed by atoms with Gasteiger partial charge < -0.3 is 10.2 Å². The van der Waals surface area contributed by atoms with E-state index in [4.69, 9.17) is 0 Å². The highest BCUT2D eigenvalue weighted by molar-refractivity contribution is 9.10. The van der Waals surface area contributed by atoms with Crippen molar-refractivity contribution >= 4 is 44.9 Å². The summed E-state index contributed by atoms with van der Waals surface area (Å²) in [7, 11) is 0. The van der Waals surface area contributed by atoms with Crippen LogP contribution in [0.5, 0.6) is 0 Å². The number of hydrogen-bond donors (Lipinski definition) is 1. The number of nitrogens with zero attached hydrogens (tertiary/aromatic N) is 1. The minimum absolute atomic E-state index is 0.0717. The van der Waals surface area contributed by atoms with Gasteiger partial charge in [-0.3, -0.25) is 4.79 Å². The molecule has 0 aromatic carbocycles. The van der Waals surface area contributed by atoms with Gasteiger partial charge >= 0.3 is 0 Å². The topological polar surface area (TPSA) is 32.3 Å². The quantitative estimate of drug-likeness (QED) is 0.829. The van der Waals surface area contributed by atoms with E-state index in [1.54, 1.807) is 0 Å². The molecule has 3 heterocycles. The lowest BCUT2D eigenvalue weighted by molar-refractivity contribution is 0.0924. The van der Waals surface area contributed by atoms with Crippen LogP contribution >= 0.6 is 39.0 Å². The summed E-state index contributed by atoms with van der Waals surface area (Å²) in [6.07, 6.45) is 5.16. The molecule has 0 bridgehead atoms. The van der Waals surface area contributed by atoms with Crippen molar-refractivity contribution in [2.45, 2.75) is 31.7 Å². The van der Waals surface area contributed by atoms with E-state index in [2.05, 4.69) is 37.9 Å². The number of halogens is 1. The number of thiophene rings is 1. The van der Waals surface area contributed by atoms with Crippen molar-refractivity contribution in [3.05, 3.63) is 20.8 Å². The van der Waals surface area contributed by atoms with Gasteiger partial charge in [-0.15, -0.1) is 11.3 Å². The van der Waals surface area contributed by atoms with Crippen molar-refractivity contribution in [1.82, 2.24) is 10.2 Å². The van der Waals surface area contributed by atoms with Gasteiger partial charge in [-0.1, -0.05) is 0 Å². The van der Waals surface area contributed by atoms with E-state index in [1.165, 1.54) is 61.6 Å². The standard InChI is InChI=1S/C16H23BrN2OS2/c17-13-9-15(22-11-13)16(20)18-10-12-1-5-19(6-2-12)14-3-7-21-8-4-14/h9,11-12,14H,1-8,10H2,(H,18,20). The zero-order chi connectivity index (χ0) is 15.4. The van der Waals surface area contributed by atoms with E-state index < -0.39 is 0 Å². The van der Waals surface area contributed by atoms with E-state index >= 15 is 0 Å². The predicted octanol–water partition coefficient (Wildman–Crippen LogP) is 3.85. The summed E-state index contributed by atoms with van der Waals surface area (Å²) in [4.78, 5) is 15.6. The van der Waals surface area contributed by atoms with Gasteiger partial charge in [0.25, 0.3) is 5.91 Å². The second kappa shape index (κ2) is 8.18. The molecule has 0 saturated carbocycles. The van der Waals surface area contributed by atoms with Gasteiger partial charge in [0.15, 0.2) is 0 Å². The van der Waals surface area contributed by atoms with Crippen LogP contribution < -0.4 is 5.32 Å². The Morgan fingerprint density at radius 3 is 2.64 bits per heavy atom. The van der Waals surface area contributed by atoms with Crippen molar-refractivity contribution in [2.75, 3.05) is 31.1 Å². The van der Waals surface area contributed by atoms with Gasteiger partial charge in [-0.2, -0.15) is 11.8 Å². The fourth-order valence-corrected chi connectivity index (χ4v) is 5.75. The van der Waals surface area contributed by atoms with Crippen LogP contribution in [0.4, 0.5) is 0 Å². The van der Waals surface area contributed by atoms with Crippen LogP contribution in [0.15, 0.2) is 15.9 Å². The van der Waals surface area contributed by atoms with Crippen molar-refractivity contribution in [2.24, 2.45) is 5.92 Å². The highest BCUT2D eigenvalue weighted by atomic mass is 79.9. The third kappa shape index (κ3) is 4.49. The first-order chi connectivity index (χ1) is 10.7. The van der Waals surface area contributed by atoms with Crippen molar-refractivity contribution < 1.29 is 4.79 Å². The summed E-state index contributed by atoms with van der Waals surface area (Å²) in [5.41, 5.74) is 0. The Bertz CT molecular complexity index is 494. The fourth-order valence-electron chi connectivity index (χ4n) is 3.33. The molecule has 1 N–H and O–H groups in total. The molecule has 2 aliphatic heterocycles. The molecule has 2 saturated heterocycles. The maximum atomic E-state index is 12.1.